The van der Waals surface area contributed by atoms with Gasteiger partial charge in [0.1, 0.15) is 12.2 Å². The Morgan fingerprint density at radius 2 is 2.11 bits per heavy atom. The van der Waals surface area contributed by atoms with Gasteiger partial charge in [-0.1, -0.05) is 48.9 Å². The highest BCUT2D eigenvalue weighted by Gasteiger charge is 2.19. The smallest absolute Gasteiger partial charge is 0.244 e. The standard InChI is InChI=1S/C27H25ClN8O2/c1-17-5-4-8-22(27-29-15-23(33-27)20-6-2-3-7-21(20)31-26(38)13-17)32-25(37)12-9-18-14-19(28)10-11-24(18)36-16-30-34-35-36/h2-7,9-12,14-17,22H,8,13H2,1H3,(H,29,33)(H,31,38)(H,32,37)/b5-4-,12-9+/t17?,22-/m0/s1. The Kier molecular flexibility index (Phi) is 7.41. The summed E-state index contributed by atoms with van der Waals surface area (Å²) < 4.78 is 1.50. The number of nitrogens with zero attached hydrogens (tertiary/aromatic N) is 5. The zero-order valence-corrected chi connectivity index (χ0v) is 21.3. The highest BCUT2D eigenvalue weighted by molar-refractivity contribution is 6.30. The molecule has 0 radical (unpaired) electrons. The Hall–Kier alpha value is -4.57. The van der Waals surface area contributed by atoms with E-state index in [-0.39, 0.29) is 17.7 Å². The quantitative estimate of drug-likeness (QED) is 0.264. The molecular weight excluding hydrogens is 504 g/mol. The molecule has 1 aliphatic heterocycles. The van der Waals surface area contributed by atoms with E-state index in [4.69, 9.17) is 16.6 Å². The molecule has 5 rings (SSSR count). The number of anilines is 1. The van der Waals surface area contributed by atoms with E-state index in [0.717, 1.165) is 5.56 Å². The van der Waals surface area contributed by atoms with Crippen LogP contribution < -0.4 is 10.6 Å². The van der Waals surface area contributed by atoms with Crippen molar-refractivity contribution in [2.24, 2.45) is 5.92 Å². The second-order valence-corrected chi connectivity index (χ2v) is 9.40. The fourth-order valence-electron chi connectivity index (χ4n) is 4.24. The second kappa shape index (κ2) is 11.2. The first-order valence-corrected chi connectivity index (χ1v) is 12.5. The number of benzene rings is 2. The number of carbonyl (C=O) groups excluding carboxylic acids is 2. The molecule has 38 heavy (non-hydrogen) atoms. The SMILES string of the molecule is CC1/C=C\C[C@H](NC(=O)/C=C/c2cc(Cl)ccc2-n2cnnn2)c2nc(c[nH]2)-c2ccccc2NC(=O)C1. The fraction of sp³-hybridized carbons (Fsp3) is 0.185. The number of rotatable bonds is 4. The molecule has 2 aromatic carbocycles. The number of H-pyrrole nitrogens is 1. The number of carbonyl (C=O) groups is 2. The Bertz CT molecular complexity index is 1510. The summed E-state index contributed by atoms with van der Waals surface area (Å²) in [5.74, 6) is 0.259. The highest BCUT2D eigenvalue weighted by atomic mass is 35.5. The van der Waals surface area contributed by atoms with Crippen molar-refractivity contribution in [1.29, 1.82) is 0 Å². The molecule has 3 heterocycles. The van der Waals surface area contributed by atoms with Crippen molar-refractivity contribution in [3.63, 3.8) is 0 Å². The molecule has 192 valence electrons. The van der Waals surface area contributed by atoms with Crippen LogP contribution >= 0.6 is 11.6 Å². The first kappa shape index (κ1) is 25.1. The van der Waals surface area contributed by atoms with Crippen LogP contribution in [-0.4, -0.2) is 42.0 Å². The van der Waals surface area contributed by atoms with E-state index in [9.17, 15) is 9.59 Å². The van der Waals surface area contributed by atoms with E-state index in [0.29, 0.717) is 46.3 Å². The number of amides is 2. The summed E-state index contributed by atoms with van der Waals surface area (Å²) in [6, 6.07) is 12.3. The third kappa shape index (κ3) is 5.87. The average molecular weight is 529 g/mol. The molecule has 0 saturated carbocycles. The molecule has 0 saturated heterocycles. The normalized spacial score (nSPS) is 18.5. The van der Waals surface area contributed by atoms with Gasteiger partial charge in [0.15, 0.2) is 0 Å². The van der Waals surface area contributed by atoms with Crippen LogP contribution in [0.25, 0.3) is 23.0 Å². The van der Waals surface area contributed by atoms with Gasteiger partial charge >= 0.3 is 0 Å². The minimum absolute atomic E-state index is 0.0259. The summed E-state index contributed by atoms with van der Waals surface area (Å²) in [6.45, 7) is 1.98. The molecule has 4 aromatic rings. The van der Waals surface area contributed by atoms with Crippen LogP contribution in [0.15, 0.2) is 73.2 Å². The molecule has 0 fully saturated rings. The van der Waals surface area contributed by atoms with E-state index in [1.54, 1.807) is 30.5 Å². The molecular formula is C27H25ClN8O2. The van der Waals surface area contributed by atoms with E-state index in [2.05, 4.69) is 31.1 Å². The molecule has 11 heteroatoms. The molecule has 2 atom stereocenters. The lowest BCUT2D eigenvalue weighted by atomic mass is 10.0. The van der Waals surface area contributed by atoms with Crippen molar-refractivity contribution in [3.8, 4) is 16.9 Å². The maximum atomic E-state index is 13.0. The number of tetrazole rings is 1. The molecule has 2 amide bonds. The van der Waals surface area contributed by atoms with Crippen LogP contribution in [0.1, 0.15) is 37.2 Å². The van der Waals surface area contributed by atoms with Gasteiger partial charge in [-0.3, -0.25) is 9.59 Å². The zero-order chi connectivity index (χ0) is 26.5. The molecule has 10 nitrogen and oxygen atoms in total. The topological polar surface area (TPSA) is 130 Å². The van der Waals surface area contributed by atoms with Gasteiger partial charge in [0.2, 0.25) is 11.8 Å². The monoisotopic (exact) mass is 528 g/mol. The van der Waals surface area contributed by atoms with Gasteiger partial charge in [-0.15, -0.1) is 5.10 Å². The van der Waals surface area contributed by atoms with E-state index >= 15 is 0 Å². The fourth-order valence-corrected chi connectivity index (χ4v) is 4.42. The number of para-hydroxylation sites is 1. The van der Waals surface area contributed by atoms with Crippen molar-refractivity contribution >= 4 is 35.2 Å². The summed E-state index contributed by atoms with van der Waals surface area (Å²) in [5.41, 5.74) is 3.52. The van der Waals surface area contributed by atoms with E-state index in [1.807, 2.05) is 43.3 Å². The first-order chi connectivity index (χ1) is 18.5. The minimum atomic E-state index is -0.417. The molecule has 3 N–H and O–H groups in total. The van der Waals surface area contributed by atoms with Gasteiger partial charge in [-0.05, 0) is 53.1 Å². The average Bonchev–Trinajstić information content (AvgIpc) is 3.60. The molecule has 2 aromatic heterocycles. The van der Waals surface area contributed by atoms with E-state index in [1.165, 1.54) is 17.1 Å². The van der Waals surface area contributed by atoms with Crippen LogP contribution in [-0.2, 0) is 9.59 Å². The molecule has 0 spiro atoms. The number of hydrogen-bond acceptors (Lipinski definition) is 6. The number of hydrogen-bond donors (Lipinski definition) is 3. The number of allylic oxidation sites excluding steroid dienone is 1. The van der Waals surface area contributed by atoms with Gasteiger partial charge in [-0.25, -0.2) is 4.98 Å². The predicted molar refractivity (Wildman–Crippen MR) is 144 cm³/mol. The van der Waals surface area contributed by atoms with Crippen molar-refractivity contribution in [2.45, 2.75) is 25.8 Å². The van der Waals surface area contributed by atoms with Crippen LogP contribution in [0.2, 0.25) is 5.02 Å². The van der Waals surface area contributed by atoms with Crippen molar-refractivity contribution in [3.05, 3.63) is 89.6 Å². The molecule has 0 aliphatic carbocycles. The summed E-state index contributed by atoms with van der Waals surface area (Å²) in [5, 5.41) is 17.8. The third-order valence-electron chi connectivity index (χ3n) is 6.06. The van der Waals surface area contributed by atoms with Crippen LogP contribution in [0, 0.1) is 5.92 Å². The number of aromatic nitrogens is 6. The summed E-state index contributed by atoms with van der Waals surface area (Å²) in [6.07, 6.45) is 11.1. The van der Waals surface area contributed by atoms with Crippen LogP contribution in [0.3, 0.4) is 0 Å². The Morgan fingerprint density at radius 3 is 2.95 bits per heavy atom. The maximum Gasteiger partial charge on any atom is 0.244 e. The summed E-state index contributed by atoms with van der Waals surface area (Å²) in [7, 11) is 0. The maximum absolute atomic E-state index is 13.0. The lowest BCUT2D eigenvalue weighted by molar-refractivity contribution is -0.117. The van der Waals surface area contributed by atoms with Crippen molar-refractivity contribution < 1.29 is 9.59 Å². The van der Waals surface area contributed by atoms with E-state index < -0.39 is 6.04 Å². The molecule has 2 bridgehead atoms. The number of halogens is 1. The Labute approximate surface area is 223 Å². The van der Waals surface area contributed by atoms with Crippen LogP contribution in [0.5, 0.6) is 0 Å². The first-order valence-electron chi connectivity index (χ1n) is 12.1. The number of fused-ring (bicyclic) bond motifs is 4. The Morgan fingerprint density at radius 1 is 1.24 bits per heavy atom. The van der Waals surface area contributed by atoms with Gasteiger partial charge < -0.3 is 15.6 Å². The van der Waals surface area contributed by atoms with Crippen LogP contribution in [0.4, 0.5) is 5.69 Å². The minimum Gasteiger partial charge on any atom is -0.346 e. The zero-order valence-electron chi connectivity index (χ0n) is 20.5. The van der Waals surface area contributed by atoms with Gasteiger partial charge in [0, 0.05) is 34.8 Å². The Balaban J connectivity index is 1.41. The predicted octanol–water partition coefficient (Wildman–Crippen LogP) is 4.50. The van der Waals surface area contributed by atoms with Gasteiger partial charge in [-0.2, -0.15) is 4.68 Å². The number of nitrogens with one attached hydrogen (secondary N) is 3. The molecule has 1 unspecified atom stereocenters. The third-order valence-corrected chi connectivity index (χ3v) is 6.30. The second-order valence-electron chi connectivity index (χ2n) is 8.96. The molecule has 1 aliphatic rings. The number of aromatic amines is 1. The lowest BCUT2D eigenvalue weighted by Crippen LogP contribution is -2.27. The summed E-state index contributed by atoms with van der Waals surface area (Å²) >= 11 is 6.19. The largest absolute Gasteiger partial charge is 0.346 e. The highest BCUT2D eigenvalue weighted by Crippen LogP contribution is 2.29. The summed E-state index contributed by atoms with van der Waals surface area (Å²) in [4.78, 5) is 33.6. The van der Waals surface area contributed by atoms with Gasteiger partial charge in [0.25, 0.3) is 0 Å². The van der Waals surface area contributed by atoms with Crippen molar-refractivity contribution in [1.82, 2.24) is 35.5 Å². The van der Waals surface area contributed by atoms with Crippen molar-refractivity contribution in [2.75, 3.05) is 5.32 Å². The number of imidazole rings is 1. The lowest BCUT2D eigenvalue weighted by Gasteiger charge is -2.14. The van der Waals surface area contributed by atoms with Gasteiger partial charge in [0.05, 0.1) is 23.1 Å².